The van der Waals surface area contributed by atoms with Crippen molar-refractivity contribution in [2.24, 2.45) is 4.99 Å². The number of rotatable bonds is 3. The summed E-state index contributed by atoms with van der Waals surface area (Å²) in [7, 11) is 0. The molecule has 0 atom stereocenters. The van der Waals surface area contributed by atoms with Gasteiger partial charge in [-0.3, -0.25) is 19.6 Å². The maximum atomic E-state index is 12.5. The first-order chi connectivity index (χ1) is 14.1. The molecule has 0 unspecified atom stereocenters. The third-order valence-electron chi connectivity index (χ3n) is 4.72. The van der Waals surface area contributed by atoms with Gasteiger partial charge in [0.15, 0.2) is 0 Å². The van der Waals surface area contributed by atoms with Crippen molar-refractivity contribution in [3.63, 3.8) is 0 Å². The molecule has 2 aromatic carbocycles. The van der Waals surface area contributed by atoms with Crippen molar-refractivity contribution in [3.8, 4) is 10.4 Å². The normalized spacial score (nSPS) is 12.3. The highest BCUT2D eigenvalue weighted by Gasteiger charge is 2.18. The lowest BCUT2D eigenvalue weighted by molar-refractivity contribution is 0.102. The van der Waals surface area contributed by atoms with E-state index in [0.717, 1.165) is 33.0 Å². The number of carbonyl (C=O) groups is 1. The SMILES string of the molecule is O=C(Nc1cc2c(c(-c3cc4ccccc4s3)c1)CN=C2)c1cc(=O)[nH]c(=O)[nH]1. The summed E-state index contributed by atoms with van der Waals surface area (Å²) in [6.07, 6.45) is 1.79. The number of hydrogen-bond donors (Lipinski definition) is 3. The fraction of sp³-hybridized carbons (Fsp3) is 0.0476. The van der Waals surface area contributed by atoms with Crippen molar-refractivity contribution in [2.45, 2.75) is 6.54 Å². The van der Waals surface area contributed by atoms with Crippen molar-refractivity contribution in [1.29, 1.82) is 0 Å². The fourth-order valence-electron chi connectivity index (χ4n) is 3.42. The van der Waals surface area contributed by atoms with Crippen LogP contribution in [0.15, 0.2) is 63.1 Å². The minimum atomic E-state index is -0.727. The van der Waals surface area contributed by atoms with E-state index in [4.69, 9.17) is 0 Å². The Balaban J connectivity index is 1.57. The van der Waals surface area contributed by atoms with Gasteiger partial charge in [0, 0.05) is 33.1 Å². The van der Waals surface area contributed by atoms with Crippen LogP contribution in [-0.4, -0.2) is 22.1 Å². The van der Waals surface area contributed by atoms with Crippen molar-refractivity contribution >= 4 is 39.2 Å². The zero-order valence-electron chi connectivity index (χ0n) is 15.0. The Morgan fingerprint density at radius 3 is 2.76 bits per heavy atom. The number of carbonyl (C=O) groups excluding carboxylic acids is 1. The van der Waals surface area contributed by atoms with Gasteiger partial charge in [-0.1, -0.05) is 18.2 Å². The number of aromatic amines is 2. The number of thiophene rings is 1. The van der Waals surface area contributed by atoms with Crippen molar-refractivity contribution in [1.82, 2.24) is 9.97 Å². The van der Waals surface area contributed by atoms with E-state index in [9.17, 15) is 14.4 Å². The summed E-state index contributed by atoms with van der Waals surface area (Å²) >= 11 is 1.68. The predicted octanol–water partition coefficient (Wildman–Crippen LogP) is 3.13. The highest BCUT2D eigenvalue weighted by atomic mass is 32.1. The van der Waals surface area contributed by atoms with E-state index in [1.54, 1.807) is 17.6 Å². The molecule has 2 aromatic heterocycles. The van der Waals surface area contributed by atoms with Crippen molar-refractivity contribution < 1.29 is 4.79 Å². The van der Waals surface area contributed by atoms with Gasteiger partial charge in [-0.05, 0) is 40.8 Å². The molecule has 0 aliphatic carbocycles. The number of hydrogen-bond acceptors (Lipinski definition) is 5. The zero-order valence-corrected chi connectivity index (χ0v) is 15.8. The zero-order chi connectivity index (χ0) is 20.0. The summed E-state index contributed by atoms with van der Waals surface area (Å²) in [5, 5.41) is 3.93. The van der Waals surface area contributed by atoms with Crippen LogP contribution in [-0.2, 0) is 6.54 Å². The number of nitrogens with zero attached hydrogens (tertiary/aromatic N) is 1. The van der Waals surface area contributed by atoms with Crippen LogP contribution in [0.3, 0.4) is 0 Å². The van der Waals surface area contributed by atoms with Crippen LogP contribution in [0.25, 0.3) is 20.5 Å². The van der Waals surface area contributed by atoms with E-state index in [2.05, 4.69) is 33.5 Å². The summed E-state index contributed by atoms with van der Waals surface area (Å²) in [4.78, 5) is 45.3. The molecule has 0 saturated heterocycles. The van der Waals surface area contributed by atoms with Gasteiger partial charge in [0.05, 0.1) is 6.54 Å². The number of aliphatic imine (C=N–C) groups is 1. The van der Waals surface area contributed by atoms with Crippen LogP contribution in [0.4, 0.5) is 5.69 Å². The Morgan fingerprint density at radius 2 is 1.93 bits per heavy atom. The van der Waals surface area contributed by atoms with Gasteiger partial charge in [0.2, 0.25) is 0 Å². The van der Waals surface area contributed by atoms with Gasteiger partial charge < -0.3 is 10.3 Å². The second-order valence-electron chi connectivity index (χ2n) is 6.67. The van der Waals surface area contributed by atoms with E-state index in [0.29, 0.717) is 12.2 Å². The molecule has 0 bridgehead atoms. The minimum Gasteiger partial charge on any atom is -0.321 e. The molecule has 8 heteroatoms. The molecule has 1 aliphatic rings. The molecule has 142 valence electrons. The maximum absolute atomic E-state index is 12.5. The number of amides is 1. The maximum Gasteiger partial charge on any atom is 0.326 e. The standard InChI is InChI=1S/C21H14N4O3S/c26-19-8-16(24-21(28)25-19)20(27)23-13-5-12-9-22-10-15(12)14(7-13)18-6-11-3-1-2-4-17(11)29-18/h1-9H,10H2,(H,23,27)(H2,24,25,26,28). The lowest BCUT2D eigenvalue weighted by Crippen LogP contribution is -2.27. The quantitative estimate of drug-likeness (QED) is 0.490. The summed E-state index contributed by atoms with van der Waals surface area (Å²) in [6.45, 7) is 0.592. The van der Waals surface area contributed by atoms with Crippen LogP contribution in [0, 0.1) is 0 Å². The van der Waals surface area contributed by atoms with E-state index in [1.807, 2.05) is 29.2 Å². The smallest absolute Gasteiger partial charge is 0.321 e. The first kappa shape index (κ1) is 17.3. The topological polar surface area (TPSA) is 107 Å². The molecule has 4 aromatic rings. The Kier molecular flexibility index (Phi) is 3.99. The molecule has 29 heavy (non-hydrogen) atoms. The van der Waals surface area contributed by atoms with Gasteiger partial charge in [0.1, 0.15) is 5.69 Å². The van der Waals surface area contributed by atoms with Gasteiger partial charge in [-0.2, -0.15) is 0 Å². The summed E-state index contributed by atoms with van der Waals surface area (Å²) in [5.41, 5.74) is 2.16. The van der Waals surface area contributed by atoms with Crippen LogP contribution in [0.1, 0.15) is 21.6 Å². The molecule has 1 amide bonds. The minimum absolute atomic E-state index is 0.101. The summed E-state index contributed by atoms with van der Waals surface area (Å²) < 4.78 is 1.19. The molecule has 0 radical (unpaired) electrons. The monoisotopic (exact) mass is 402 g/mol. The number of nitrogens with one attached hydrogen (secondary N) is 3. The van der Waals surface area contributed by atoms with E-state index in [-0.39, 0.29) is 5.69 Å². The van der Waals surface area contributed by atoms with E-state index in [1.165, 1.54) is 4.70 Å². The first-order valence-corrected chi connectivity index (χ1v) is 9.69. The second kappa shape index (κ2) is 6.68. The van der Waals surface area contributed by atoms with Crippen LogP contribution < -0.4 is 16.6 Å². The van der Waals surface area contributed by atoms with Gasteiger partial charge in [-0.25, -0.2) is 4.79 Å². The number of fused-ring (bicyclic) bond motifs is 2. The van der Waals surface area contributed by atoms with Crippen LogP contribution >= 0.6 is 11.3 Å². The van der Waals surface area contributed by atoms with Crippen LogP contribution in [0.2, 0.25) is 0 Å². The second-order valence-corrected chi connectivity index (χ2v) is 7.75. The van der Waals surface area contributed by atoms with Crippen molar-refractivity contribution in [2.75, 3.05) is 5.32 Å². The number of H-pyrrole nitrogens is 2. The number of benzene rings is 2. The molecule has 7 nitrogen and oxygen atoms in total. The molecule has 0 spiro atoms. The average molecular weight is 402 g/mol. The highest BCUT2D eigenvalue weighted by Crippen LogP contribution is 2.39. The number of aromatic nitrogens is 2. The average Bonchev–Trinajstić information content (AvgIpc) is 3.33. The Bertz CT molecular complexity index is 1370. The van der Waals surface area contributed by atoms with E-state index >= 15 is 0 Å². The Morgan fingerprint density at radius 1 is 1.07 bits per heavy atom. The van der Waals surface area contributed by atoms with Crippen molar-refractivity contribution in [3.05, 3.63) is 86.2 Å². The lowest BCUT2D eigenvalue weighted by Gasteiger charge is -2.11. The third kappa shape index (κ3) is 3.19. The Labute approximate surface area is 167 Å². The molecule has 0 saturated carbocycles. The third-order valence-corrected chi connectivity index (χ3v) is 5.87. The molecule has 3 heterocycles. The predicted molar refractivity (Wildman–Crippen MR) is 114 cm³/mol. The fourth-order valence-corrected chi connectivity index (χ4v) is 4.52. The molecular weight excluding hydrogens is 388 g/mol. The van der Waals surface area contributed by atoms with Gasteiger partial charge in [-0.15, -0.1) is 11.3 Å². The molecular formula is C21H14N4O3S. The Hall–Kier alpha value is -3.78. The summed E-state index contributed by atoms with van der Waals surface area (Å²) in [6, 6.07) is 15.1. The summed E-state index contributed by atoms with van der Waals surface area (Å²) in [5.74, 6) is -0.564. The molecule has 0 fully saturated rings. The largest absolute Gasteiger partial charge is 0.326 e. The van der Waals surface area contributed by atoms with Crippen LogP contribution in [0.5, 0.6) is 0 Å². The molecule has 3 N–H and O–H groups in total. The lowest BCUT2D eigenvalue weighted by atomic mass is 10.0. The molecule has 1 aliphatic heterocycles. The van der Waals surface area contributed by atoms with E-state index < -0.39 is 17.2 Å². The first-order valence-electron chi connectivity index (χ1n) is 8.87. The molecule has 5 rings (SSSR count). The van der Waals surface area contributed by atoms with Gasteiger partial charge in [0.25, 0.3) is 11.5 Å². The van der Waals surface area contributed by atoms with Gasteiger partial charge >= 0.3 is 5.69 Å². The number of anilines is 1. The highest BCUT2D eigenvalue weighted by molar-refractivity contribution is 7.22.